The number of ether oxygens (including phenoxy) is 1. The average Bonchev–Trinajstić information content (AvgIpc) is 2.86. The van der Waals surface area contributed by atoms with E-state index in [1.807, 2.05) is 18.2 Å². The fourth-order valence-electron chi connectivity index (χ4n) is 7.00. The summed E-state index contributed by atoms with van der Waals surface area (Å²) in [6.07, 6.45) is 0.572. The van der Waals surface area contributed by atoms with Gasteiger partial charge in [-0.25, -0.2) is 4.39 Å². The summed E-state index contributed by atoms with van der Waals surface area (Å²) in [7, 11) is 0. The van der Waals surface area contributed by atoms with Gasteiger partial charge in [-0.1, -0.05) is 24.6 Å². The van der Waals surface area contributed by atoms with E-state index in [-0.39, 0.29) is 43.0 Å². The molecule has 2 aliphatic heterocycles. The minimum Gasteiger partial charge on any atom is -0.490 e. The van der Waals surface area contributed by atoms with Crippen LogP contribution < -0.4 is 4.74 Å². The molecule has 3 atom stereocenters. The summed E-state index contributed by atoms with van der Waals surface area (Å²) in [5, 5.41) is 11.2. The third-order valence-corrected chi connectivity index (χ3v) is 8.99. The largest absolute Gasteiger partial charge is 0.490 e. The minimum absolute atomic E-state index is 0.0370. The molecule has 202 valence electrons. The summed E-state index contributed by atoms with van der Waals surface area (Å²) < 4.78 is 59.6. The number of hydrogen-bond acceptors (Lipinski definition) is 3. The number of nitrogens with zero attached hydrogens (tertiary/aromatic N) is 1. The fourth-order valence-corrected chi connectivity index (χ4v) is 7.00. The lowest BCUT2D eigenvalue weighted by Gasteiger charge is -2.51. The molecular formula is C29H35F4NO3. The van der Waals surface area contributed by atoms with Crippen LogP contribution >= 0.6 is 0 Å². The lowest BCUT2D eigenvalue weighted by Crippen LogP contribution is -2.53. The van der Waals surface area contributed by atoms with E-state index in [1.54, 1.807) is 6.07 Å². The number of carbonyl (C=O) groups is 1. The molecule has 1 saturated carbocycles. The van der Waals surface area contributed by atoms with Gasteiger partial charge in [0.2, 0.25) is 0 Å². The second-order valence-corrected chi connectivity index (χ2v) is 11.2. The molecule has 0 amide bonds. The molecule has 2 saturated heterocycles. The quantitative estimate of drug-likeness (QED) is 0.398. The first-order valence-corrected chi connectivity index (χ1v) is 13.5. The molecule has 0 spiro atoms. The highest BCUT2D eigenvalue weighted by Gasteiger charge is 2.43. The number of carboxylic acids is 1. The van der Waals surface area contributed by atoms with Gasteiger partial charge in [-0.05, 0) is 86.8 Å². The zero-order valence-electron chi connectivity index (χ0n) is 21.1. The number of hydrogen-bond donors (Lipinski definition) is 1. The van der Waals surface area contributed by atoms with Gasteiger partial charge in [0.1, 0.15) is 12.4 Å². The van der Waals surface area contributed by atoms with Crippen LogP contribution in [0.3, 0.4) is 0 Å². The number of benzene rings is 2. The van der Waals surface area contributed by atoms with Crippen molar-refractivity contribution in [3.8, 4) is 5.75 Å². The van der Waals surface area contributed by atoms with E-state index < -0.39 is 24.7 Å². The van der Waals surface area contributed by atoms with Crippen molar-refractivity contribution in [3.63, 3.8) is 0 Å². The maximum atomic E-state index is 14.4. The van der Waals surface area contributed by atoms with Crippen LogP contribution in [0.2, 0.25) is 0 Å². The van der Waals surface area contributed by atoms with Crippen LogP contribution in [0.5, 0.6) is 5.75 Å². The van der Waals surface area contributed by atoms with Crippen molar-refractivity contribution >= 4 is 16.7 Å². The highest BCUT2D eigenvalue weighted by Crippen LogP contribution is 2.43. The summed E-state index contributed by atoms with van der Waals surface area (Å²) in [5.41, 5.74) is 1.49. The molecule has 5 rings (SSSR count). The highest BCUT2D eigenvalue weighted by molar-refractivity contribution is 5.88. The van der Waals surface area contributed by atoms with Gasteiger partial charge < -0.3 is 9.84 Å². The van der Waals surface area contributed by atoms with Crippen LogP contribution in [0.25, 0.3) is 10.8 Å². The Bertz CT molecular complexity index is 1110. The summed E-state index contributed by atoms with van der Waals surface area (Å²) in [6.45, 7) is 1.42. The van der Waals surface area contributed by atoms with Crippen LogP contribution in [-0.2, 0) is 11.5 Å². The smallest absolute Gasteiger partial charge is 0.391 e. The Kier molecular flexibility index (Phi) is 7.40. The number of aliphatic carboxylic acids is 1. The molecule has 1 N–H and O–H groups in total. The predicted octanol–water partition coefficient (Wildman–Crippen LogP) is 7.59. The van der Waals surface area contributed by atoms with Crippen LogP contribution in [-0.4, -0.2) is 40.3 Å². The zero-order valence-corrected chi connectivity index (χ0v) is 21.1. The van der Waals surface area contributed by atoms with Crippen LogP contribution in [0.1, 0.15) is 81.9 Å². The maximum absolute atomic E-state index is 14.4. The molecule has 2 unspecified atom stereocenters. The monoisotopic (exact) mass is 521 g/mol. The Balaban J connectivity index is 1.37. The number of rotatable bonds is 6. The third-order valence-electron chi connectivity index (χ3n) is 8.99. The van der Waals surface area contributed by atoms with Crippen molar-refractivity contribution in [2.75, 3.05) is 0 Å². The Morgan fingerprint density at radius 3 is 2.30 bits per heavy atom. The van der Waals surface area contributed by atoms with Crippen molar-refractivity contribution in [2.45, 2.75) is 102 Å². The Labute approximate surface area is 215 Å². The van der Waals surface area contributed by atoms with Crippen LogP contribution in [0.4, 0.5) is 17.6 Å². The summed E-state index contributed by atoms with van der Waals surface area (Å²) in [4.78, 5) is 14.1. The van der Waals surface area contributed by atoms with Gasteiger partial charge in [0.05, 0.1) is 17.9 Å². The molecule has 0 radical (unpaired) electrons. The standard InChI is InChI=1S/C29H35F4NO3/c1-17(34-22-3-2-4-23(34)14-20(13-22)28(35)36)19-6-5-18-7-12-27(26(16-30)25(18)15-19)37-24-10-8-21(9-11-24)29(31,32)33/h5-7,12,15,17,20-24H,2-4,8-11,13-14,16H2,1H3,(H,35,36)/t17-,20?,21-,22?,23?,24+/m1/s1. The van der Waals surface area contributed by atoms with Gasteiger partial charge in [-0.3, -0.25) is 9.69 Å². The normalized spacial score (nSPS) is 29.7. The molecule has 0 aromatic heterocycles. The Hall–Kier alpha value is -2.35. The summed E-state index contributed by atoms with van der Waals surface area (Å²) in [5.74, 6) is -1.87. The van der Waals surface area contributed by atoms with E-state index in [2.05, 4.69) is 17.9 Å². The van der Waals surface area contributed by atoms with Crippen LogP contribution in [0.15, 0.2) is 30.3 Å². The van der Waals surface area contributed by atoms with Gasteiger partial charge in [0, 0.05) is 23.7 Å². The van der Waals surface area contributed by atoms with E-state index >= 15 is 0 Å². The Morgan fingerprint density at radius 2 is 1.70 bits per heavy atom. The first-order valence-electron chi connectivity index (χ1n) is 13.5. The SMILES string of the molecule is C[C@H](c1ccc2ccc(O[C@H]3CC[C@@H](C(F)(F)F)CC3)c(CF)c2c1)N1C2CCCC1CC(C(=O)O)C2. The van der Waals surface area contributed by atoms with Gasteiger partial charge in [-0.15, -0.1) is 0 Å². The van der Waals surface area contributed by atoms with Gasteiger partial charge >= 0.3 is 12.1 Å². The number of piperidine rings is 2. The molecule has 8 heteroatoms. The number of alkyl halides is 4. The summed E-state index contributed by atoms with van der Waals surface area (Å²) >= 11 is 0. The van der Waals surface area contributed by atoms with Gasteiger partial charge in [0.25, 0.3) is 0 Å². The van der Waals surface area contributed by atoms with Crippen molar-refractivity contribution in [2.24, 2.45) is 11.8 Å². The summed E-state index contributed by atoms with van der Waals surface area (Å²) in [6, 6.07) is 10.2. The number of halogens is 4. The molecule has 2 heterocycles. The zero-order chi connectivity index (χ0) is 26.3. The fraction of sp³-hybridized carbons (Fsp3) is 0.621. The lowest BCUT2D eigenvalue weighted by atomic mass is 9.77. The Morgan fingerprint density at radius 1 is 1.05 bits per heavy atom. The minimum atomic E-state index is -4.17. The van der Waals surface area contributed by atoms with Crippen molar-refractivity contribution < 1.29 is 32.2 Å². The maximum Gasteiger partial charge on any atom is 0.391 e. The van der Waals surface area contributed by atoms with E-state index in [1.165, 1.54) is 0 Å². The van der Waals surface area contributed by atoms with Crippen molar-refractivity contribution in [1.82, 2.24) is 4.90 Å². The van der Waals surface area contributed by atoms with Gasteiger partial charge in [-0.2, -0.15) is 13.2 Å². The molecule has 2 bridgehead atoms. The third kappa shape index (κ3) is 5.31. The second-order valence-electron chi connectivity index (χ2n) is 11.2. The number of carboxylic acid groups (broad SMARTS) is 1. The molecule has 1 aliphatic carbocycles. The van der Waals surface area contributed by atoms with Crippen molar-refractivity contribution in [1.29, 1.82) is 0 Å². The molecule has 2 aromatic carbocycles. The molecule has 3 fully saturated rings. The van der Waals surface area contributed by atoms with Crippen molar-refractivity contribution in [3.05, 3.63) is 41.5 Å². The average molecular weight is 522 g/mol. The molecular weight excluding hydrogens is 486 g/mol. The lowest BCUT2D eigenvalue weighted by molar-refractivity contribution is -0.185. The van der Waals surface area contributed by atoms with Gasteiger partial charge in [0.15, 0.2) is 0 Å². The van der Waals surface area contributed by atoms with E-state index in [0.29, 0.717) is 37.0 Å². The topological polar surface area (TPSA) is 49.8 Å². The highest BCUT2D eigenvalue weighted by atomic mass is 19.4. The first kappa shape index (κ1) is 26.3. The first-order chi connectivity index (χ1) is 17.7. The predicted molar refractivity (Wildman–Crippen MR) is 133 cm³/mol. The number of fused-ring (bicyclic) bond motifs is 3. The molecule has 3 aliphatic rings. The molecule has 4 nitrogen and oxygen atoms in total. The molecule has 2 aromatic rings. The molecule has 37 heavy (non-hydrogen) atoms. The van der Waals surface area contributed by atoms with E-state index in [9.17, 15) is 27.5 Å². The van der Waals surface area contributed by atoms with Crippen LogP contribution in [0, 0.1) is 11.8 Å². The van der Waals surface area contributed by atoms with E-state index in [0.717, 1.165) is 35.6 Å². The second kappa shape index (κ2) is 10.4. The van der Waals surface area contributed by atoms with E-state index in [4.69, 9.17) is 4.74 Å².